The molecule has 0 unspecified atom stereocenters. The van der Waals surface area contributed by atoms with Gasteiger partial charge in [0, 0.05) is 18.2 Å². The summed E-state index contributed by atoms with van der Waals surface area (Å²) < 4.78 is 42.8. The van der Waals surface area contributed by atoms with Gasteiger partial charge in [-0.05, 0) is 18.2 Å². The highest BCUT2D eigenvalue weighted by molar-refractivity contribution is 8.13. The van der Waals surface area contributed by atoms with E-state index >= 15 is 0 Å². The van der Waals surface area contributed by atoms with Gasteiger partial charge in [0.15, 0.2) is 5.12 Å². The first-order chi connectivity index (χ1) is 8.84. The van der Waals surface area contributed by atoms with Crippen molar-refractivity contribution in [3.8, 4) is 5.75 Å². The summed E-state index contributed by atoms with van der Waals surface area (Å²) in [7, 11) is 1.39. The highest BCUT2D eigenvalue weighted by atomic mass is 32.2. The van der Waals surface area contributed by atoms with Gasteiger partial charge in [0.25, 0.3) is 0 Å². The van der Waals surface area contributed by atoms with E-state index in [1.807, 2.05) is 0 Å². The van der Waals surface area contributed by atoms with Crippen molar-refractivity contribution in [3.05, 3.63) is 35.4 Å². The summed E-state index contributed by atoms with van der Waals surface area (Å²) in [6.07, 6.45) is -1.24. The Hall–Kier alpha value is -1.43. The number of methoxy groups -OCH3 is 1. The largest absolute Gasteiger partial charge is 0.496 e. The number of thioether (sulfide) groups is 1. The second kappa shape index (κ2) is 6.65. The Balaban J connectivity index is 2.93. The molecule has 19 heavy (non-hydrogen) atoms. The van der Waals surface area contributed by atoms with Gasteiger partial charge < -0.3 is 4.74 Å². The molecule has 0 N–H and O–H groups in total. The zero-order valence-electron chi connectivity index (χ0n) is 10.5. The third kappa shape index (κ3) is 4.98. The number of carbonyl (C=O) groups excluding carboxylic acids is 1. The van der Waals surface area contributed by atoms with Gasteiger partial charge in [-0.25, -0.2) is 0 Å². The average molecular weight is 290 g/mol. The molecule has 0 radical (unpaired) electrons. The Morgan fingerprint density at radius 2 is 2.11 bits per heavy atom. The maximum absolute atomic E-state index is 12.6. The Bertz CT molecular complexity index is 481. The number of alkyl halides is 3. The van der Waals surface area contributed by atoms with Gasteiger partial charge in [0.05, 0.1) is 12.7 Å². The molecule has 0 aliphatic heterocycles. The number of hydrogen-bond donors (Lipinski definition) is 0. The Morgan fingerprint density at radius 3 is 2.63 bits per heavy atom. The van der Waals surface area contributed by atoms with Crippen molar-refractivity contribution in [1.82, 2.24) is 0 Å². The zero-order valence-corrected chi connectivity index (χ0v) is 11.3. The minimum Gasteiger partial charge on any atom is -0.496 e. The first-order valence-electron chi connectivity index (χ1n) is 5.39. The van der Waals surface area contributed by atoms with Crippen LogP contribution in [0.4, 0.5) is 13.2 Å². The SMILES string of the molecule is COc1ccc(C(F)(F)F)cc1C=CCSC(C)=O. The van der Waals surface area contributed by atoms with Gasteiger partial charge in [0.1, 0.15) is 5.75 Å². The van der Waals surface area contributed by atoms with Gasteiger partial charge >= 0.3 is 6.18 Å². The molecule has 1 aromatic carbocycles. The van der Waals surface area contributed by atoms with E-state index in [0.717, 1.165) is 23.9 Å². The minimum absolute atomic E-state index is 0.0411. The van der Waals surface area contributed by atoms with Crippen LogP contribution in [0.3, 0.4) is 0 Å². The maximum atomic E-state index is 12.6. The number of carbonyl (C=O) groups is 1. The van der Waals surface area contributed by atoms with Crippen molar-refractivity contribution in [3.63, 3.8) is 0 Å². The summed E-state index contributed by atoms with van der Waals surface area (Å²) in [5.74, 6) is 0.770. The fourth-order valence-electron chi connectivity index (χ4n) is 1.38. The molecule has 2 nitrogen and oxygen atoms in total. The van der Waals surface area contributed by atoms with Crippen molar-refractivity contribution < 1.29 is 22.7 Å². The van der Waals surface area contributed by atoms with Crippen LogP contribution in [0, 0.1) is 0 Å². The number of halogens is 3. The molecule has 0 amide bonds. The van der Waals surface area contributed by atoms with E-state index in [2.05, 4.69) is 0 Å². The van der Waals surface area contributed by atoms with E-state index in [1.165, 1.54) is 26.2 Å². The summed E-state index contributed by atoms with van der Waals surface area (Å²) in [5.41, 5.74) is -0.395. The normalized spacial score (nSPS) is 11.8. The van der Waals surface area contributed by atoms with Crippen LogP contribution in [-0.4, -0.2) is 18.0 Å². The van der Waals surface area contributed by atoms with E-state index in [-0.39, 0.29) is 5.12 Å². The number of ether oxygens (including phenoxy) is 1. The number of hydrogen-bond acceptors (Lipinski definition) is 3. The standard InChI is InChI=1S/C13H13F3O2S/c1-9(17)19-7-3-4-10-8-11(13(14,15)16)5-6-12(10)18-2/h3-6,8H,7H2,1-2H3. The predicted molar refractivity (Wildman–Crippen MR) is 70.2 cm³/mol. The second-order valence-electron chi connectivity index (χ2n) is 3.66. The van der Waals surface area contributed by atoms with Gasteiger partial charge in [-0.1, -0.05) is 23.9 Å². The van der Waals surface area contributed by atoms with Crippen LogP contribution in [0.5, 0.6) is 5.75 Å². The molecule has 0 heterocycles. The molecule has 0 saturated heterocycles. The molecular weight excluding hydrogens is 277 g/mol. The van der Waals surface area contributed by atoms with Crippen LogP contribution in [0.15, 0.2) is 24.3 Å². The lowest BCUT2D eigenvalue weighted by Crippen LogP contribution is -2.05. The molecule has 6 heteroatoms. The average Bonchev–Trinajstić information content (AvgIpc) is 2.33. The lowest BCUT2D eigenvalue weighted by atomic mass is 10.1. The lowest BCUT2D eigenvalue weighted by Gasteiger charge is -2.10. The Morgan fingerprint density at radius 1 is 1.42 bits per heavy atom. The smallest absolute Gasteiger partial charge is 0.416 e. The third-order valence-corrected chi connectivity index (χ3v) is 3.00. The van der Waals surface area contributed by atoms with E-state index < -0.39 is 11.7 Å². The lowest BCUT2D eigenvalue weighted by molar-refractivity contribution is -0.137. The van der Waals surface area contributed by atoms with Crippen molar-refractivity contribution in [2.24, 2.45) is 0 Å². The summed E-state index contributed by atoms with van der Waals surface area (Å²) in [6.45, 7) is 1.43. The molecule has 0 spiro atoms. The molecule has 1 rings (SSSR count). The summed E-state index contributed by atoms with van der Waals surface area (Å²) >= 11 is 1.08. The van der Waals surface area contributed by atoms with E-state index in [9.17, 15) is 18.0 Å². The molecule has 0 fully saturated rings. The van der Waals surface area contributed by atoms with Crippen molar-refractivity contribution in [1.29, 1.82) is 0 Å². The van der Waals surface area contributed by atoms with Crippen LogP contribution < -0.4 is 4.74 Å². The van der Waals surface area contributed by atoms with E-state index in [4.69, 9.17) is 4.74 Å². The number of benzene rings is 1. The molecule has 0 bridgehead atoms. The van der Waals surface area contributed by atoms with E-state index in [1.54, 1.807) is 6.08 Å². The molecule has 0 aromatic heterocycles. The molecular formula is C13H13F3O2S. The molecule has 0 aliphatic rings. The topological polar surface area (TPSA) is 26.3 Å². The maximum Gasteiger partial charge on any atom is 0.416 e. The molecule has 0 atom stereocenters. The molecule has 0 saturated carbocycles. The van der Waals surface area contributed by atoms with Crippen molar-refractivity contribution in [2.45, 2.75) is 13.1 Å². The highest BCUT2D eigenvalue weighted by Gasteiger charge is 2.30. The quantitative estimate of drug-likeness (QED) is 0.838. The molecule has 104 valence electrons. The van der Waals surface area contributed by atoms with Crippen LogP contribution in [-0.2, 0) is 11.0 Å². The van der Waals surface area contributed by atoms with Crippen molar-refractivity contribution >= 4 is 23.0 Å². The first kappa shape index (κ1) is 15.6. The zero-order chi connectivity index (χ0) is 14.5. The van der Waals surface area contributed by atoms with Gasteiger partial charge in [-0.15, -0.1) is 0 Å². The minimum atomic E-state index is -4.39. The van der Waals surface area contributed by atoms with Crippen molar-refractivity contribution in [2.75, 3.05) is 12.9 Å². The number of rotatable bonds is 4. The summed E-state index contributed by atoms with van der Waals surface area (Å²) in [4.78, 5) is 10.7. The Labute approximate surface area is 113 Å². The monoisotopic (exact) mass is 290 g/mol. The van der Waals surface area contributed by atoms with Gasteiger partial charge in [-0.2, -0.15) is 13.2 Å². The van der Waals surface area contributed by atoms with Gasteiger partial charge in [0.2, 0.25) is 0 Å². The first-order valence-corrected chi connectivity index (χ1v) is 6.38. The van der Waals surface area contributed by atoms with Crippen LogP contribution in [0.25, 0.3) is 6.08 Å². The highest BCUT2D eigenvalue weighted by Crippen LogP contribution is 2.33. The van der Waals surface area contributed by atoms with E-state index in [0.29, 0.717) is 17.1 Å². The second-order valence-corrected chi connectivity index (χ2v) is 4.86. The predicted octanol–water partition coefficient (Wildman–Crippen LogP) is 4.01. The van der Waals surface area contributed by atoms with Crippen LogP contribution in [0.2, 0.25) is 0 Å². The van der Waals surface area contributed by atoms with Crippen LogP contribution >= 0.6 is 11.8 Å². The molecule has 0 aliphatic carbocycles. The third-order valence-electron chi connectivity index (χ3n) is 2.24. The van der Waals surface area contributed by atoms with Gasteiger partial charge in [-0.3, -0.25) is 4.79 Å². The summed E-state index contributed by atoms with van der Waals surface area (Å²) in [6, 6.07) is 3.27. The molecule has 1 aromatic rings. The van der Waals surface area contributed by atoms with Crippen LogP contribution in [0.1, 0.15) is 18.1 Å². The Kier molecular flexibility index (Phi) is 5.47. The summed E-state index contributed by atoms with van der Waals surface area (Å²) in [5, 5.41) is -0.0411. The fraction of sp³-hybridized carbons (Fsp3) is 0.308. The fourth-order valence-corrected chi connectivity index (χ4v) is 1.81.